The molecule has 1 aromatic rings. The van der Waals surface area contributed by atoms with Crippen molar-refractivity contribution in [2.45, 2.75) is 12.3 Å². The first-order chi connectivity index (χ1) is 6.74. The third-order valence-corrected chi connectivity index (χ3v) is 2.37. The molecular weight excluding hydrogens is 174 g/mol. The number of nitrogens with two attached hydrogens (primary N) is 1. The highest BCUT2D eigenvalue weighted by Crippen LogP contribution is 2.16. The molecule has 1 heterocycles. The molecule has 0 aliphatic heterocycles. The predicted octanol–water partition coefficient (Wildman–Crippen LogP) is 1.08. The van der Waals surface area contributed by atoms with Crippen LogP contribution in [0.3, 0.4) is 0 Å². The van der Waals surface area contributed by atoms with Crippen molar-refractivity contribution in [3.05, 3.63) is 30.1 Å². The minimum atomic E-state index is 0.436. The number of hydrogen-bond acceptors (Lipinski definition) is 3. The normalized spacial score (nSPS) is 13.1. The van der Waals surface area contributed by atoms with E-state index >= 15 is 0 Å². The van der Waals surface area contributed by atoms with Gasteiger partial charge in [-0.05, 0) is 51.2 Å². The Morgan fingerprint density at radius 2 is 2.29 bits per heavy atom. The van der Waals surface area contributed by atoms with Crippen molar-refractivity contribution in [3.63, 3.8) is 0 Å². The highest BCUT2D eigenvalue weighted by atomic mass is 15.0. The molecule has 0 aliphatic rings. The second-order valence-corrected chi connectivity index (χ2v) is 3.81. The van der Waals surface area contributed by atoms with Gasteiger partial charge in [-0.1, -0.05) is 6.07 Å². The molecule has 1 rings (SSSR count). The van der Waals surface area contributed by atoms with Crippen molar-refractivity contribution in [1.82, 2.24) is 9.88 Å². The predicted molar refractivity (Wildman–Crippen MR) is 59.2 cm³/mol. The Morgan fingerprint density at radius 1 is 1.50 bits per heavy atom. The molecule has 0 saturated heterocycles. The molecule has 0 amide bonds. The van der Waals surface area contributed by atoms with Gasteiger partial charge in [0.2, 0.25) is 0 Å². The van der Waals surface area contributed by atoms with Crippen LogP contribution in [0, 0.1) is 0 Å². The maximum absolute atomic E-state index is 5.74. The lowest BCUT2D eigenvalue weighted by atomic mass is 9.97. The van der Waals surface area contributed by atoms with Gasteiger partial charge in [0.15, 0.2) is 0 Å². The first-order valence-electron chi connectivity index (χ1n) is 4.98. The fraction of sp³-hybridized carbons (Fsp3) is 0.545. The van der Waals surface area contributed by atoms with Crippen molar-refractivity contribution < 1.29 is 0 Å². The minimum Gasteiger partial charge on any atom is -0.330 e. The number of aromatic nitrogens is 1. The van der Waals surface area contributed by atoms with Crippen molar-refractivity contribution >= 4 is 0 Å². The third-order valence-electron chi connectivity index (χ3n) is 2.37. The van der Waals surface area contributed by atoms with Crippen molar-refractivity contribution in [2.75, 3.05) is 27.2 Å². The Balaban J connectivity index is 2.54. The minimum absolute atomic E-state index is 0.436. The van der Waals surface area contributed by atoms with Gasteiger partial charge in [0, 0.05) is 12.4 Å². The molecule has 3 heteroatoms. The molecule has 1 aromatic heterocycles. The lowest BCUT2D eigenvalue weighted by molar-refractivity contribution is 0.382. The fourth-order valence-corrected chi connectivity index (χ4v) is 1.45. The standard InChI is InChI=1S/C11H19N3/c1-14(2)7-5-10(8-12)11-4-3-6-13-9-11/h3-4,6,9-10H,5,7-8,12H2,1-2H3. The molecule has 3 nitrogen and oxygen atoms in total. The van der Waals surface area contributed by atoms with Gasteiger partial charge in [-0.25, -0.2) is 0 Å². The largest absolute Gasteiger partial charge is 0.330 e. The van der Waals surface area contributed by atoms with E-state index in [1.807, 2.05) is 12.3 Å². The van der Waals surface area contributed by atoms with Gasteiger partial charge in [-0.3, -0.25) is 4.98 Å². The average Bonchev–Trinajstić information content (AvgIpc) is 2.20. The molecule has 0 spiro atoms. The second-order valence-electron chi connectivity index (χ2n) is 3.81. The lowest BCUT2D eigenvalue weighted by Crippen LogP contribution is -2.20. The molecule has 0 saturated carbocycles. The molecule has 0 radical (unpaired) electrons. The summed E-state index contributed by atoms with van der Waals surface area (Å²) in [7, 11) is 4.16. The Labute approximate surface area is 85.9 Å². The highest BCUT2D eigenvalue weighted by molar-refractivity contribution is 5.14. The third kappa shape index (κ3) is 3.44. The summed E-state index contributed by atoms with van der Waals surface area (Å²) in [5.74, 6) is 0.436. The smallest absolute Gasteiger partial charge is 0.0303 e. The summed E-state index contributed by atoms with van der Waals surface area (Å²) in [6.07, 6.45) is 4.80. The van der Waals surface area contributed by atoms with Gasteiger partial charge in [0.25, 0.3) is 0 Å². The molecule has 1 atom stereocenters. The lowest BCUT2D eigenvalue weighted by Gasteiger charge is -2.17. The van der Waals surface area contributed by atoms with Gasteiger partial charge in [-0.2, -0.15) is 0 Å². The highest BCUT2D eigenvalue weighted by Gasteiger charge is 2.09. The quantitative estimate of drug-likeness (QED) is 0.760. The van der Waals surface area contributed by atoms with Crippen LogP contribution >= 0.6 is 0 Å². The van der Waals surface area contributed by atoms with E-state index in [1.165, 1.54) is 5.56 Å². The monoisotopic (exact) mass is 193 g/mol. The van der Waals surface area contributed by atoms with Crippen LogP contribution < -0.4 is 5.73 Å². The van der Waals surface area contributed by atoms with E-state index < -0.39 is 0 Å². The molecule has 0 bridgehead atoms. The van der Waals surface area contributed by atoms with E-state index in [0.717, 1.165) is 13.0 Å². The summed E-state index contributed by atoms with van der Waals surface area (Å²) in [4.78, 5) is 6.29. The Bertz CT molecular complexity index is 246. The van der Waals surface area contributed by atoms with Crippen LogP contribution in [0.4, 0.5) is 0 Å². The van der Waals surface area contributed by atoms with E-state index in [2.05, 4.69) is 30.0 Å². The molecule has 0 fully saturated rings. The van der Waals surface area contributed by atoms with Gasteiger partial charge >= 0.3 is 0 Å². The zero-order valence-electron chi connectivity index (χ0n) is 8.98. The molecule has 2 N–H and O–H groups in total. The molecule has 0 aromatic carbocycles. The van der Waals surface area contributed by atoms with E-state index in [0.29, 0.717) is 12.5 Å². The van der Waals surface area contributed by atoms with Gasteiger partial charge in [-0.15, -0.1) is 0 Å². The Kier molecular flexibility index (Phi) is 4.56. The average molecular weight is 193 g/mol. The van der Waals surface area contributed by atoms with Crippen molar-refractivity contribution in [1.29, 1.82) is 0 Å². The maximum atomic E-state index is 5.74. The summed E-state index contributed by atoms with van der Waals surface area (Å²) in [5.41, 5.74) is 6.99. The first-order valence-corrected chi connectivity index (χ1v) is 4.98. The Morgan fingerprint density at radius 3 is 2.79 bits per heavy atom. The molecular formula is C11H19N3. The van der Waals surface area contributed by atoms with E-state index in [4.69, 9.17) is 5.73 Å². The number of nitrogens with zero attached hydrogens (tertiary/aromatic N) is 2. The molecule has 78 valence electrons. The molecule has 1 unspecified atom stereocenters. The summed E-state index contributed by atoms with van der Waals surface area (Å²) < 4.78 is 0. The summed E-state index contributed by atoms with van der Waals surface area (Å²) in [6.45, 7) is 1.76. The van der Waals surface area contributed by atoms with Crippen LogP contribution in [0.2, 0.25) is 0 Å². The van der Waals surface area contributed by atoms with Crippen LogP contribution in [0.15, 0.2) is 24.5 Å². The van der Waals surface area contributed by atoms with Gasteiger partial charge in [0.05, 0.1) is 0 Å². The zero-order valence-corrected chi connectivity index (χ0v) is 8.98. The van der Waals surface area contributed by atoms with Crippen LogP contribution in [-0.4, -0.2) is 37.1 Å². The van der Waals surface area contributed by atoms with E-state index in [9.17, 15) is 0 Å². The Hall–Kier alpha value is -0.930. The first kappa shape index (κ1) is 11.1. The SMILES string of the molecule is CN(C)CCC(CN)c1cccnc1. The van der Waals surface area contributed by atoms with Crippen LogP contribution in [0.1, 0.15) is 17.9 Å². The summed E-state index contributed by atoms with van der Waals surface area (Å²) >= 11 is 0. The van der Waals surface area contributed by atoms with Crippen molar-refractivity contribution in [3.8, 4) is 0 Å². The van der Waals surface area contributed by atoms with Crippen molar-refractivity contribution in [2.24, 2.45) is 5.73 Å². The van der Waals surface area contributed by atoms with E-state index in [-0.39, 0.29) is 0 Å². The van der Waals surface area contributed by atoms with E-state index in [1.54, 1.807) is 6.20 Å². The summed E-state index contributed by atoms with van der Waals surface area (Å²) in [6, 6.07) is 4.06. The number of rotatable bonds is 5. The van der Waals surface area contributed by atoms with Crippen LogP contribution in [-0.2, 0) is 0 Å². The zero-order chi connectivity index (χ0) is 10.4. The maximum Gasteiger partial charge on any atom is 0.0303 e. The topological polar surface area (TPSA) is 42.1 Å². The number of pyridine rings is 1. The van der Waals surface area contributed by atoms with Crippen LogP contribution in [0.5, 0.6) is 0 Å². The van der Waals surface area contributed by atoms with Crippen LogP contribution in [0.25, 0.3) is 0 Å². The van der Waals surface area contributed by atoms with Gasteiger partial charge in [0.1, 0.15) is 0 Å². The molecule has 14 heavy (non-hydrogen) atoms. The fourth-order valence-electron chi connectivity index (χ4n) is 1.45. The molecule has 0 aliphatic carbocycles. The van der Waals surface area contributed by atoms with Gasteiger partial charge < -0.3 is 10.6 Å². The summed E-state index contributed by atoms with van der Waals surface area (Å²) in [5, 5.41) is 0. The second kappa shape index (κ2) is 5.73. The number of hydrogen-bond donors (Lipinski definition) is 1.